The van der Waals surface area contributed by atoms with Gasteiger partial charge in [-0.25, -0.2) is 9.78 Å². The number of rotatable bonds is 8. The lowest BCUT2D eigenvalue weighted by molar-refractivity contribution is -0.753. The third kappa shape index (κ3) is 4.18. The monoisotopic (exact) mass is 528 g/mol. The number of nitrogens with one attached hydrogen (secondary N) is 1. The van der Waals surface area contributed by atoms with Gasteiger partial charge >= 0.3 is 5.97 Å². The smallest absolute Gasteiger partial charge is 0.352 e. The van der Waals surface area contributed by atoms with E-state index in [1.807, 2.05) is 45.9 Å². The van der Waals surface area contributed by atoms with E-state index in [2.05, 4.69) is 15.5 Å². The van der Waals surface area contributed by atoms with E-state index in [4.69, 9.17) is 10.6 Å². The quantitative estimate of drug-likeness (QED) is 0.165. The van der Waals surface area contributed by atoms with Crippen molar-refractivity contribution in [1.29, 1.82) is 0 Å². The fourth-order valence-corrected chi connectivity index (χ4v) is 6.00. The molecule has 2 aliphatic rings. The molecule has 4 N–H and O–H groups in total. The molecule has 0 aromatic carbocycles. The highest BCUT2D eigenvalue weighted by molar-refractivity contribution is 8.00. The Hall–Kier alpha value is -3.91. The number of fused-ring (bicyclic) bond motifs is 2. The molecule has 0 radical (unpaired) electrons. The van der Waals surface area contributed by atoms with Crippen molar-refractivity contribution < 1.29 is 29.0 Å². The van der Waals surface area contributed by atoms with Crippen molar-refractivity contribution in [2.45, 2.75) is 24.9 Å². The topological polar surface area (TPSA) is 156 Å². The summed E-state index contributed by atoms with van der Waals surface area (Å²) in [5, 5.41) is 17.7. The standard InChI is InChI=1S/C22H21N7O5S2/c1-2-34-26-15(14-11-36-22(23)24-14)18(30)25-16-19(31)29-17(21(32)33)12(10-35-20(16)29)9-27-8-6-13-5-3-4-7-28(13)27/h3-8,11,16,20H,2,9-10H2,1H3,(H3-,23,24,25,30,32,33)/p+1/b26-15+/t16-,20-/m1/s1. The van der Waals surface area contributed by atoms with E-state index < -0.39 is 29.2 Å². The van der Waals surface area contributed by atoms with Gasteiger partial charge in [0.1, 0.15) is 34.9 Å². The van der Waals surface area contributed by atoms with Gasteiger partial charge in [0.2, 0.25) is 0 Å². The summed E-state index contributed by atoms with van der Waals surface area (Å²) in [4.78, 5) is 48.6. The average Bonchev–Trinajstić information content (AvgIpc) is 3.48. The van der Waals surface area contributed by atoms with Crippen molar-refractivity contribution in [1.82, 2.24) is 19.7 Å². The van der Waals surface area contributed by atoms with Crippen molar-refractivity contribution in [3.05, 3.63) is 59.0 Å². The molecule has 1 fully saturated rings. The maximum Gasteiger partial charge on any atom is 0.352 e. The molecule has 12 nitrogen and oxygen atoms in total. The summed E-state index contributed by atoms with van der Waals surface area (Å²) in [6, 6.07) is 6.77. The van der Waals surface area contributed by atoms with Crippen LogP contribution in [0.4, 0.5) is 5.13 Å². The van der Waals surface area contributed by atoms with Crippen LogP contribution in [0.2, 0.25) is 0 Å². The number of nitrogens with two attached hydrogens (primary N) is 1. The van der Waals surface area contributed by atoms with E-state index in [9.17, 15) is 19.5 Å². The number of carboxylic acids is 1. The highest BCUT2D eigenvalue weighted by Crippen LogP contribution is 2.40. The molecule has 2 atom stereocenters. The van der Waals surface area contributed by atoms with Crippen LogP contribution < -0.4 is 15.7 Å². The van der Waals surface area contributed by atoms with Crippen molar-refractivity contribution in [3.8, 4) is 0 Å². The minimum atomic E-state index is -1.19. The van der Waals surface area contributed by atoms with Crippen LogP contribution in [0.15, 0.2) is 58.5 Å². The molecule has 0 aliphatic carbocycles. The molecule has 36 heavy (non-hydrogen) atoms. The maximum absolute atomic E-state index is 13.1. The van der Waals surface area contributed by atoms with E-state index in [1.165, 1.54) is 16.7 Å². The largest absolute Gasteiger partial charge is 0.477 e. The maximum atomic E-state index is 13.1. The molecule has 186 valence electrons. The second-order valence-corrected chi connectivity index (χ2v) is 9.92. The average molecular weight is 529 g/mol. The fourth-order valence-electron chi connectivity index (χ4n) is 4.12. The number of thiazole rings is 1. The van der Waals surface area contributed by atoms with Crippen LogP contribution >= 0.6 is 23.1 Å². The minimum Gasteiger partial charge on any atom is -0.477 e. The molecule has 5 rings (SSSR count). The van der Waals surface area contributed by atoms with Crippen LogP contribution in [0.1, 0.15) is 12.6 Å². The number of aromatic nitrogens is 3. The third-order valence-corrected chi connectivity index (χ3v) is 7.73. The summed E-state index contributed by atoms with van der Waals surface area (Å²) in [7, 11) is 0. The van der Waals surface area contributed by atoms with Gasteiger partial charge in [-0.05, 0) is 19.1 Å². The number of carbonyl (C=O) groups is 3. The molecule has 0 spiro atoms. The van der Waals surface area contributed by atoms with Gasteiger partial charge in [0.05, 0.1) is 6.20 Å². The predicted octanol–water partition coefficient (Wildman–Crippen LogP) is 0.445. The first kappa shape index (κ1) is 23.8. The number of amides is 2. The number of nitrogen functional groups attached to an aromatic ring is 1. The van der Waals surface area contributed by atoms with E-state index in [1.54, 1.807) is 12.3 Å². The number of carboxylic acid groups (broad SMARTS) is 1. The second-order valence-electron chi connectivity index (χ2n) is 7.93. The van der Waals surface area contributed by atoms with Gasteiger partial charge in [-0.1, -0.05) is 11.2 Å². The van der Waals surface area contributed by atoms with Gasteiger partial charge in [-0.15, -0.1) is 32.3 Å². The molecule has 3 aromatic heterocycles. The lowest BCUT2D eigenvalue weighted by Gasteiger charge is -2.49. The van der Waals surface area contributed by atoms with Gasteiger partial charge in [0.25, 0.3) is 11.8 Å². The van der Waals surface area contributed by atoms with Gasteiger partial charge in [-0.2, -0.15) is 0 Å². The van der Waals surface area contributed by atoms with Crippen molar-refractivity contribution >= 4 is 57.2 Å². The molecule has 1 saturated heterocycles. The molecule has 0 bridgehead atoms. The number of carbonyl (C=O) groups excluding carboxylic acids is 2. The van der Waals surface area contributed by atoms with E-state index in [-0.39, 0.29) is 28.8 Å². The molecule has 14 heteroatoms. The van der Waals surface area contributed by atoms with Crippen molar-refractivity contribution in [3.63, 3.8) is 0 Å². The first-order valence-electron chi connectivity index (χ1n) is 11.0. The number of hydrogen-bond acceptors (Lipinski definition) is 9. The van der Waals surface area contributed by atoms with Crippen LogP contribution in [0.5, 0.6) is 0 Å². The van der Waals surface area contributed by atoms with Crippen LogP contribution in [-0.2, 0) is 25.8 Å². The Morgan fingerprint density at radius 1 is 1.39 bits per heavy atom. The second kappa shape index (κ2) is 9.62. The fraction of sp³-hybridized carbons (Fsp3) is 0.273. The summed E-state index contributed by atoms with van der Waals surface area (Å²) in [5.41, 5.74) is 7.32. The molecule has 2 amide bonds. The zero-order chi connectivity index (χ0) is 25.4. The molecule has 0 unspecified atom stereocenters. The molecule has 5 heterocycles. The summed E-state index contributed by atoms with van der Waals surface area (Å²) in [6.45, 7) is 2.25. The molecule has 2 aliphatic heterocycles. The Morgan fingerprint density at radius 2 is 2.22 bits per heavy atom. The lowest BCUT2D eigenvalue weighted by atomic mass is 10.0. The summed E-state index contributed by atoms with van der Waals surface area (Å²) in [6.07, 6.45) is 3.75. The number of thioether (sulfide) groups is 1. The van der Waals surface area contributed by atoms with E-state index >= 15 is 0 Å². The Kier molecular flexibility index (Phi) is 6.36. The van der Waals surface area contributed by atoms with Crippen LogP contribution in [0, 0.1) is 0 Å². The number of pyridine rings is 1. The Morgan fingerprint density at radius 3 is 2.94 bits per heavy atom. The van der Waals surface area contributed by atoms with E-state index in [0.29, 0.717) is 17.9 Å². The zero-order valence-electron chi connectivity index (χ0n) is 19.0. The number of oxime groups is 1. The van der Waals surface area contributed by atoms with Crippen LogP contribution in [-0.4, -0.2) is 66.8 Å². The third-order valence-electron chi connectivity index (χ3n) is 5.72. The lowest BCUT2D eigenvalue weighted by Crippen LogP contribution is -2.71. The van der Waals surface area contributed by atoms with Gasteiger partial charge in [0.15, 0.2) is 23.6 Å². The molecular weight excluding hydrogens is 506 g/mol. The number of hydrogen-bond donors (Lipinski definition) is 3. The molecule has 0 saturated carbocycles. The minimum absolute atomic E-state index is 0.0527. The Labute approximate surface area is 213 Å². The van der Waals surface area contributed by atoms with Gasteiger partial charge in [-0.3, -0.25) is 14.5 Å². The van der Waals surface area contributed by atoms with Crippen LogP contribution in [0.25, 0.3) is 5.52 Å². The highest BCUT2D eigenvalue weighted by atomic mass is 32.2. The SMILES string of the molecule is CCO/N=C(/C(=O)N[C@@H]1C(=O)N2C(C(=O)O)=C(C[n+]3ccc4ccccn43)CS[C@H]12)c1csc(N)n1. The van der Waals surface area contributed by atoms with Crippen LogP contribution in [0.3, 0.4) is 0 Å². The summed E-state index contributed by atoms with van der Waals surface area (Å²) in [5.74, 6) is -1.97. The molecular formula is C22H22N7O5S2+. The first-order valence-corrected chi connectivity index (χ1v) is 12.9. The van der Waals surface area contributed by atoms with Gasteiger partial charge in [0, 0.05) is 22.8 Å². The van der Waals surface area contributed by atoms with E-state index in [0.717, 1.165) is 16.9 Å². The van der Waals surface area contributed by atoms with Gasteiger partial charge < -0.3 is 21.0 Å². The number of anilines is 1. The normalized spacial score (nSPS) is 19.8. The number of nitrogens with zero attached hydrogens (tertiary/aromatic N) is 5. The number of β-lactam (4-membered cyclic amide) rings is 1. The number of aliphatic carboxylic acids is 1. The first-order chi connectivity index (χ1) is 17.4. The summed E-state index contributed by atoms with van der Waals surface area (Å²) < 4.78 is 3.79. The Balaban J connectivity index is 1.37. The highest BCUT2D eigenvalue weighted by Gasteiger charge is 2.55. The summed E-state index contributed by atoms with van der Waals surface area (Å²) >= 11 is 2.54. The van der Waals surface area contributed by atoms with Crippen molar-refractivity contribution in [2.75, 3.05) is 18.1 Å². The van der Waals surface area contributed by atoms with Crippen molar-refractivity contribution in [2.24, 2.45) is 5.16 Å². The predicted molar refractivity (Wildman–Crippen MR) is 132 cm³/mol. The molecule has 3 aromatic rings. The zero-order valence-corrected chi connectivity index (χ0v) is 20.7. The Bertz CT molecular complexity index is 1430.